The van der Waals surface area contributed by atoms with Crippen LogP contribution in [0.5, 0.6) is 0 Å². The van der Waals surface area contributed by atoms with Crippen LogP contribution in [0.4, 0.5) is 4.79 Å². The summed E-state index contributed by atoms with van der Waals surface area (Å²) >= 11 is 0. The number of urea groups is 1. The van der Waals surface area contributed by atoms with Crippen molar-refractivity contribution in [3.63, 3.8) is 0 Å². The Balaban J connectivity index is 1.72. The SMILES string of the molecule is CC1(CNC(=O)NC2CCCC(C(=O)O)C2)CCCC1. The Kier molecular flexibility index (Phi) is 4.89. The minimum atomic E-state index is -0.740. The van der Waals surface area contributed by atoms with Crippen LogP contribution in [0.3, 0.4) is 0 Å². The zero-order valence-corrected chi connectivity index (χ0v) is 12.3. The van der Waals surface area contributed by atoms with Gasteiger partial charge in [0.25, 0.3) is 0 Å². The van der Waals surface area contributed by atoms with Crippen molar-refractivity contribution in [1.29, 1.82) is 0 Å². The van der Waals surface area contributed by atoms with Crippen LogP contribution in [0, 0.1) is 11.3 Å². The second-order valence-electron chi connectivity index (χ2n) is 6.74. The van der Waals surface area contributed by atoms with Crippen LogP contribution >= 0.6 is 0 Å². The van der Waals surface area contributed by atoms with Gasteiger partial charge in [-0.2, -0.15) is 0 Å². The molecule has 2 amide bonds. The molecule has 0 spiro atoms. The van der Waals surface area contributed by atoms with Crippen LogP contribution in [0.25, 0.3) is 0 Å². The molecule has 0 heterocycles. The quantitative estimate of drug-likeness (QED) is 0.741. The first-order valence-electron chi connectivity index (χ1n) is 7.76. The summed E-state index contributed by atoms with van der Waals surface area (Å²) in [5.74, 6) is -1.04. The van der Waals surface area contributed by atoms with E-state index in [2.05, 4.69) is 17.6 Å². The Morgan fingerprint density at radius 1 is 1.20 bits per heavy atom. The van der Waals surface area contributed by atoms with E-state index in [1.807, 2.05) is 0 Å². The number of rotatable bonds is 4. The van der Waals surface area contributed by atoms with Gasteiger partial charge in [0.05, 0.1) is 5.92 Å². The van der Waals surface area contributed by atoms with E-state index in [4.69, 9.17) is 5.11 Å². The molecule has 20 heavy (non-hydrogen) atoms. The van der Waals surface area contributed by atoms with Gasteiger partial charge < -0.3 is 15.7 Å². The first-order valence-corrected chi connectivity index (χ1v) is 7.76. The fraction of sp³-hybridized carbons (Fsp3) is 0.867. The first-order chi connectivity index (χ1) is 9.48. The number of carbonyl (C=O) groups excluding carboxylic acids is 1. The van der Waals surface area contributed by atoms with Crippen LogP contribution in [-0.2, 0) is 4.79 Å². The Labute approximate surface area is 120 Å². The maximum absolute atomic E-state index is 11.9. The highest BCUT2D eigenvalue weighted by atomic mass is 16.4. The van der Waals surface area contributed by atoms with E-state index in [9.17, 15) is 9.59 Å². The molecule has 0 radical (unpaired) electrons. The standard InChI is InChI=1S/C15H26N2O3/c1-15(7-2-3-8-15)10-16-14(20)17-12-6-4-5-11(9-12)13(18)19/h11-12H,2-10H2,1H3,(H,18,19)(H2,16,17,20). The molecule has 0 bridgehead atoms. The molecular formula is C15H26N2O3. The summed E-state index contributed by atoms with van der Waals surface area (Å²) in [6.45, 7) is 2.94. The number of hydrogen-bond donors (Lipinski definition) is 3. The van der Waals surface area contributed by atoms with Gasteiger partial charge in [-0.1, -0.05) is 26.2 Å². The summed E-state index contributed by atoms with van der Waals surface area (Å²) in [7, 11) is 0. The largest absolute Gasteiger partial charge is 0.481 e. The summed E-state index contributed by atoms with van der Waals surface area (Å²) in [5.41, 5.74) is 0.244. The van der Waals surface area contributed by atoms with Gasteiger partial charge in [0, 0.05) is 12.6 Å². The molecule has 2 aliphatic rings. The molecule has 2 fully saturated rings. The molecule has 0 aromatic carbocycles. The van der Waals surface area contributed by atoms with E-state index < -0.39 is 5.97 Å². The number of amides is 2. The zero-order chi connectivity index (χ0) is 14.6. The fourth-order valence-electron chi connectivity index (χ4n) is 3.48. The van der Waals surface area contributed by atoms with Gasteiger partial charge in [0.2, 0.25) is 0 Å². The number of nitrogens with one attached hydrogen (secondary N) is 2. The molecule has 0 saturated heterocycles. The number of carboxylic acid groups (broad SMARTS) is 1. The molecule has 2 atom stereocenters. The second kappa shape index (κ2) is 6.46. The van der Waals surface area contributed by atoms with Crippen molar-refractivity contribution in [1.82, 2.24) is 10.6 Å². The molecule has 0 aliphatic heterocycles. The van der Waals surface area contributed by atoms with E-state index >= 15 is 0 Å². The van der Waals surface area contributed by atoms with E-state index in [1.54, 1.807) is 0 Å². The fourth-order valence-corrected chi connectivity index (χ4v) is 3.48. The van der Waals surface area contributed by atoms with Gasteiger partial charge in [-0.05, 0) is 37.5 Å². The van der Waals surface area contributed by atoms with Crippen LogP contribution < -0.4 is 10.6 Å². The highest BCUT2D eigenvalue weighted by Crippen LogP contribution is 2.36. The highest BCUT2D eigenvalue weighted by Gasteiger charge is 2.30. The van der Waals surface area contributed by atoms with Gasteiger partial charge in [-0.3, -0.25) is 4.79 Å². The number of hydrogen-bond acceptors (Lipinski definition) is 2. The molecule has 2 unspecified atom stereocenters. The third-order valence-electron chi connectivity index (χ3n) is 4.85. The third kappa shape index (κ3) is 4.12. The van der Waals surface area contributed by atoms with Gasteiger partial charge in [0.15, 0.2) is 0 Å². The maximum atomic E-state index is 11.9. The summed E-state index contributed by atoms with van der Waals surface area (Å²) in [6, 6.07) is -0.143. The second-order valence-corrected chi connectivity index (χ2v) is 6.74. The predicted octanol–water partition coefficient (Wildman–Crippen LogP) is 2.51. The van der Waals surface area contributed by atoms with Gasteiger partial charge in [0.1, 0.15) is 0 Å². The molecule has 2 saturated carbocycles. The van der Waals surface area contributed by atoms with E-state index in [1.165, 1.54) is 25.7 Å². The minimum Gasteiger partial charge on any atom is -0.481 e. The normalized spacial score (nSPS) is 28.9. The van der Waals surface area contributed by atoms with Crippen molar-refractivity contribution in [2.75, 3.05) is 6.54 Å². The van der Waals surface area contributed by atoms with Crippen molar-refractivity contribution in [3.05, 3.63) is 0 Å². The van der Waals surface area contributed by atoms with Gasteiger partial charge in [-0.25, -0.2) is 4.79 Å². The summed E-state index contributed by atoms with van der Waals surface area (Å²) in [4.78, 5) is 22.9. The smallest absolute Gasteiger partial charge is 0.315 e. The van der Waals surface area contributed by atoms with Crippen molar-refractivity contribution in [2.45, 2.75) is 64.3 Å². The molecule has 5 nitrogen and oxygen atoms in total. The van der Waals surface area contributed by atoms with Gasteiger partial charge >= 0.3 is 12.0 Å². The number of carboxylic acids is 1. The topological polar surface area (TPSA) is 78.4 Å². The van der Waals surface area contributed by atoms with Crippen molar-refractivity contribution in [2.24, 2.45) is 11.3 Å². The van der Waals surface area contributed by atoms with Crippen LogP contribution in [0.2, 0.25) is 0 Å². The maximum Gasteiger partial charge on any atom is 0.315 e. The molecule has 114 valence electrons. The lowest BCUT2D eigenvalue weighted by Gasteiger charge is -2.29. The average Bonchev–Trinajstić information content (AvgIpc) is 2.84. The van der Waals surface area contributed by atoms with Crippen molar-refractivity contribution in [3.8, 4) is 0 Å². The minimum absolute atomic E-state index is 0.00114. The highest BCUT2D eigenvalue weighted by molar-refractivity contribution is 5.74. The molecule has 2 rings (SSSR count). The molecule has 3 N–H and O–H groups in total. The monoisotopic (exact) mass is 282 g/mol. The first kappa shape index (κ1) is 15.1. The lowest BCUT2D eigenvalue weighted by molar-refractivity contribution is -0.143. The average molecular weight is 282 g/mol. The van der Waals surface area contributed by atoms with E-state index in [-0.39, 0.29) is 23.4 Å². The molecule has 5 heteroatoms. The summed E-state index contributed by atoms with van der Waals surface area (Å²) < 4.78 is 0. The number of carbonyl (C=O) groups is 2. The van der Waals surface area contributed by atoms with Crippen molar-refractivity contribution < 1.29 is 14.7 Å². The zero-order valence-electron chi connectivity index (χ0n) is 12.3. The van der Waals surface area contributed by atoms with Crippen LogP contribution in [0.15, 0.2) is 0 Å². The van der Waals surface area contributed by atoms with E-state index in [0.717, 1.165) is 19.3 Å². The molecular weight excluding hydrogens is 256 g/mol. The summed E-state index contributed by atoms with van der Waals surface area (Å²) in [6.07, 6.45) is 7.91. The Bertz CT molecular complexity index is 364. The Hall–Kier alpha value is -1.26. The third-order valence-corrected chi connectivity index (χ3v) is 4.85. The van der Waals surface area contributed by atoms with Crippen molar-refractivity contribution >= 4 is 12.0 Å². The summed E-state index contributed by atoms with van der Waals surface area (Å²) in [5, 5.41) is 14.9. The lowest BCUT2D eigenvalue weighted by atomic mass is 9.86. The Morgan fingerprint density at radius 2 is 1.90 bits per heavy atom. The van der Waals surface area contributed by atoms with Crippen LogP contribution in [0.1, 0.15) is 58.3 Å². The van der Waals surface area contributed by atoms with E-state index in [0.29, 0.717) is 13.0 Å². The number of aliphatic carboxylic acids is 1. The van der Waals surface area contributed by atoms with Crippen LogP contribution in [-0.4, -0.2) is 29.7 Å². The van der Waals surface area contributed by atoms with Gasteiger partial charge in [-0.15, -0.1) is 0 Å². The molecule has 2 aliphatic carbocycles. The lowest BCUT2D eigenvalue weighted by Crippen LogP contribution is -2.47. The Morgan fingerprint density at radius 3 is 2.55 bits per heavy atom. The molecule has 0 aromatic heterocycles. The predicted molar refractivity (Wildman–Crippen MR) is 76.5 cm³/mol. The molecule has 0 aromatic rings.